The molecule has 0 amide bonds. The Labute approximate surface area is 233 Å². The Balaban J connectivity index is 1.41. The zero-order chi connectivity index (χ0) is 27.6. The number of benzene rings is 4. The summed E-state index contributed by atoms with van der Waals surface area (Å²) in [5.41, 5.74) is 5.76. The molecule has 4 aromatic carbocycles. The Morgan fingerprint density at radius 3 is 1.62 bits per heavy atom. The maximum absolute atomic E-state index is 10.1. The number of hydrogen-bond donors (Lipinski definition) is 2. The Kier molecular flexibility index (Phi) is 7.11. The molecular weight excluding hydrogens is 508 g/mol. The van der Waals surface area contributed by atoms with Crippen LogP contribution in [0, 0.1) is 0 Å². The number of morpholine rings is 1. The van der Waals surface area contributed by atoms with Gasteiger partial charge in [-0.25, -0.2) is 0 Å². The summed E-state index contributed by atoms with van der Waals surface area (Å²) in [4.78, 5) is 4.73. The first-order valence-electron chi connectivity index (χ1n) is 13.3. The van der Waals surface area contributed by atoms with Crippen molar-refractivity contribution < 1.29 is 29.2 Å². The third-order valence-electron chi connectivity index (χ3n) is 7.49. The van der Waals surface area contributed by atoms with Crippen molar-refractivity contribution in [2.24, 2.45) is 0 Å². The summed E-state index contributed by atoms with van der Waals surface area (Å²) in [7, 11) is 3.09. The van der Waals surface area contributed by atoms with Crippen LogP contribution >= 0.6 is 0 Å². The molecule has 0 aliphatic carbocycles. The van der Waals surface area contributed by atoms with Crippen molar-refractivity contribution in [1.82, 2.24) is 4.90 Å². The van der Waals surface area contributed by atoms with Crippen LogP contribution in [-0.4, -0.2) is 68.7 Å². The Morgan fingerprint density at radius 1 is 0.650 bits per heavy atom. The number of phenolic OH excluding ortho intramolecular Hbond substituents is 2. The van der Waals surface area contributed by atoms with Crippen molar-refractivity contribution in [2.45, 2.75) is 0 Å². The largest absolute Gasteiger partial charge is 0.504 e. The number of ether oxygens (including phenoxy) is 4. The van der Waals surface area contributed by atoms with Gasteiger partial charge in [-0.05, 0) is 70.8 Å². The molecule has 8 heteroatoms. The van der Waals surface area contributed by atoms with E-state index in [-0.39, 0.29) is 11.5 Å². The van der Waals surface area contributed by atoms with Crippen LogP contribution in [0.15, 0.2) is 72.8 Å². The molecule has 0 radical (unpaired) electrons. The number of nitrogens with zero attached hydrogens (tertiary/aromatic N) is 2. The van der Waals surface area contributed by atoms with E-state index in [0.717, 1.165) is 84.5 Å². The molecule has 4 aromatic rings. The van der Waals surface area contributed by atoms with Crippen molar-refractivity contribution in [1.29, 1.82) is 0 Å². The molecule has 2 aliphatic rings. The maximum atomic E-state index is 10.1. The van der Waals surface area contributed by atoms with Gasteiger partial charge >= 0.3 is 0 Å². The fourth-order valence-corrected chi connectivity index (χ4v) is 5.26. The standard InChI is InChI=1S/C32H32N2O6/c1-37-31-19-23(3-7-27(31)35)21-5-9-29-25(17-21)34(12-11-33-13-15-39-16-14-33)26-18-22(6-10-30(26)40-29)24-4-8-28(36)32(20-24)38-2/h3-10,17-20,35-36H,11-16H2,1-2H3. The van der Waals surface area contributed by atoms with E-state index in [0.29, 0.717) is 11.5 Å². The fourth-order valence-electron chi connectivity index (χ4n) is 5.26. The first-order chi connectivity index (χ1) is 19.5. The summed E-state index contributed by atoms with van der Waals surface area (Å²) in [5.74, 6) is 2.62. The van der Waals surface area contributed by atoms with Gasteiger partial charge in [0, 0.05) is 26.2 Å². The van der Waals surface area contributed by atoms with Crippen LogP contribution in [0.4, 0.5) is 11.4 Å². The molecule has 0 aromatic heterocycles. The van der Waals surface area contributed by atoms with Gasteiger partial charge in [0.2, 0.25) is 0 Å². The summed E-state index contributed by atoms with van der Waals surface area (Å²) in [6.07, 6.45) is 0. The van der Waals surface area contributed by atoms with Crippen molar-refractivity contribution in [3.63, 3.8) is 0 Å². The monoisotopic (exact) mass is 540 g/mol. The topological polar surface area (TPSA) is 83.9 Å². The van der Waals surface area contributed by atoms with Crippen LogP contribution < -0.4 is 19.1 Å². The van der Waals surface area contributed by atoms with E-state index in [4.69, 9.17) is 18.9 Å². The molecule has 40 heavy (non-hydrogen) atoms. The van der Waals surface area contributed by atoms with Crippen molar-refractivity contribution in [3.8, 4) is 56.8 Å². The molecular formula is C32H32N2O6. The molecule has 6 rings (SSSR count). The molecule has 0 unspecified atom stereocenters. The average Bonchev–Trinajstić information content (AvgIpc) is 3.00. The highest BCUT2D eigenvalue weighted by Crippen LogP contribution is 2.49. The van der Waals surface area contributed by atoms with E-state index in [1.165, 1.54) is 0 Å². The molecule has 1 saturated heterocycles. The SMILES string of the molecule is COc1cc(-c2ccc3c(c2)N(CCN2CCOCC2)c2cc(-c4ccc(O)c(OC)c4)ccc2O3)ccc1O. The van der Waals surface area contributed by atoms with Crippen LogP contribution in [0.3, 0.4) is 0 Å². The van der Waals surface area contributed by atoms with E-state index >= 15 is 0 Å². The van der Waals surface area contributed by atoms with Gasteiger partial charge in [0.05, 0.1) is 38.8 Å². The number of rotatable bonds is 7. The second-order valence-electron chi connectivity index (χ2n) is 9.85. The number of phenols is 2. The van der Waals surface area contributed by atoms with Gasteiger partial charge in [0.15, 0.2) is 34.5 Å². The summed E-state index contributed by atoms with van der Waals surface area (Å²) >= 11 is 0. The number of hydrogen-bond acceptors (Lipinski definition) is 8. The molecule has 2 N–H and O–H groups in total. The predicted molar refractivity (Wildman–Crippen MR) is 155 cm³/mol. The molecule has 0 bridgehead atoms. The predicted octanol–water partition coefficient (Wildman–Crippen LogP) is 6.03. The van der Waals surface area contributed by atoms with E-state index in [2.05, 4.69) is 21.9 Å². The minimum Gasteiger partial charge on any atom is -0.504 e. The van der Waals surface area contributed by atoms with Crippen LogP contribution in [-0.2, 0) is 4.74 Å². The Morgan fingerprint density at radius 2 is 1.12 bits per heavy atom. The summed E-state index contributed by atoms with van der Waals surface area (Å²) < 4.78 is 22.7. The first kappa shape index (κ1) is 25.9. The third kappa shape index (κ3) is 4.99. The molecule has 0 saturated carbocycles. The Hall–Kier alpha value is -4.40. The normalized spacial score (nSPS) is 14.7. The van der Waals surface area contributed by atoms with Crippen LogP contribution in [0.5, 0.6) is 34.5 Å². The second kappa shape index (κ2) is 11.0. The van der Waals surface area contributed by atoms with Gasteiger partial charge in [0.25, 0.3) is 0 Å². The lowest BCUT2D eigenvalue weighted by Gasteiger charge is -2.36. The van der Waals surface area contributed by atoms with E-state index in [1.807, 2.05) is 48.5 Å². The van der Waals surface area contributed by atoms with Crippen molar-refractivity contribution in [2.75, 3.05) is 58.5 Å². The minimum absolute atomic E-state index is 0.104. The summed E-state index contributed by atoms with van der Waals surface area (Å²) in [6, 6.07) is 23.0. The molecule has 8 nitrogen and oxygen atoms in total. The molecule has 0 atom stereocenters. The second-order valence-corrected chi connectivity index (χ2v) is 9.85. The molecule has 206 valence electrons. The van der Waals surface area contributed by atoms with Crippen LogP contribution in [0.1, 0.15) is 0 Å². The van der Waals surface area contributed by atoms with Crippen molar-refractivity contribution in [3.05, 3.63) is 72.8 Å². The zero-order valence-electron chi connectivity index (χ0n) is 22.6. The van der Waals surface area contributed by atoms with E-state index in [9.17, 15) is 10.2 Å². The quantitative estimate of drug-likeness (QED) is 0.294. The Bertz CT molecular complexity index is 1430. The number of fused-ring (bicyclic) bond motifs is 2. The van der Waals surface area contributed by atoms with Gasteiger partial charge in [0.1, 0.15) is 0 Å². The fraction of sp³-hybridized carbons (Fsp3) is 0.250. The van der Waals surface area contributed by atoms with Gasteiger partial charge in [-0.2, -0.15) is 0 Å². The highest BCUT2D eigenvalue weighted by molar-refractivity contribution is 5.85. The number of methoxy groups -OCH3 is 2. The van der Waals surface area contributed by atoms with Gasteiger partial charge in [-0.3, -0.25) is 4.90 Å². The van der Waals surface area contributed by atoms with E-state index in [1.54, 1.807) is 26.4 Å². The van der Waals surface area contributed by atoms with Gasteiger partial charge < -0.3 is 34.1 Å². The first-order valence-corrected chi connectivity index (χ1v) is 13.3. The highest BCUT2D eigenvalue weighted by Gasteiger charge is 2.26. The summed E-state index contributed by atoms with van der Waals surface area (Å²) in [6.45, 7) is 4.94. The molecule has 0 spiro atoms. The maximum Gasteiger partial charge on any atom is 0.161 e. The molecule has 1 fully saturated rings. The van der Waals surface area contributed by atoms with Crippen LogP contribution in [0.25, 0.3) is 22.3 Å². The average molecular weight is 541 g/mol. The summed E-state index contributed by atoms with van der Waals surface area (Å²) in [5, 5.41) is 20.2. The zero-order valence-corrected chi connectivity index (χ0v) is 22.6. The van der Waals surface area contributed by atoms with E-state index < -0.39 is 0 Å². The molecule has 2 aliphatic heterocycles. The lowest BCUT2D eigenvalue weighted by molar-refractivity contribution is 0.0394. The lowest BCUT2D eigenvalue weighted by Crippen LogP contribution is -2.41. The lowest BCUT2D eigenvalue weighted by atomic mass is 10.0. The van der Waals surface area contributed by atoms with Gasteiger partial charge in [-0.15, -0.1) is 0 Å². The third-order valence-corrected chi connectivity index (χ3v) is 7.49. The van der Waals surface area contributed by atoms with Gasteiger partial charge in [-0.1, -0.05) is 24.3 Å². The number of aromatic hydroxyl groups is 2. The smallest absolute Gasteiger partial charge is 0.161 e. The highest BCUT2D eigenvalue weighted by atomic mass is 16.5. The molecule has 2 heterocycles. The number of anilines is 2. The minimum atomic E-state index is 0.104. The van der Waals surface area contributed by atoms with Crippen molar-refractivity contribution >= 4 is 11.4 Å². The van der Waals surface area contributed by atoms with Crippen LogP contribution in [0.2, 0.25) is 0 Å².